The van der Waals surface area contributed by atoms with Crippen LogP contribution < -0.4 is 5.32 Å². The number of likely N-dealkylation sites (tertiary alicyclic amines) is 1. The maximum atomic E-state index is 12.1. The predicted molar refractivity (Wildman–Crippen MR) is 77.2 cm³/mol. The van der Waals surface area contributed by atoms with Crippen LogP contribution in [0.4, 0.5) is 4.79 Å². The zero-order valence-electron chi connectivity index (χ0n) is 12.6. The molecule has 0 aliphatic carbocycles. The average molecular weight is 299 g/mol. The second kappa shape index (κ2) is 7.61. The van der Waals surface area contributed by atoms with Gasteiger partial charge in [-0.05, 0) is 18.9 Å². The summed E-state index contributed by atoms with van der Waals surface area (Å²) in [5, 5.41) is 11.7. The van der Waals surface area contributed by atoms with Crippen LogP contribution in [0.3, 0.4) is 0 Å². The number of ether oxygens (including phenoxy) is 1. The Labute approximate surface area is 125 Å². The number of nitrogens with zero attached hydrogens (tertiary/aromatic N) is 2. The van der Waals surface area contributed by atoms with Gasteiger partial charge in [-0.15, -0.1) is 0 Å². The van der Waals surface area contributed by atoms with Gasteiger partial charge in [-0.3, -0.25) is 9.69 Å². The molecule has 0 aromatic carbocycles. The molecule has 2 aliphatic rings. The summed E-state index contributed by atoms with van der Waals surface area (Å²) < 4.78 is 5.64. The molecule has 0 spiro atoms. The first kappa shape index (κ1) is 16.0. The van der Waals surface area contributed by atoms with Crippen LogP contribution >= 0.6 is 0 Å². The number of rotatable bonds is 5. The molecule has 2 amide bonds. The molecular weight excluding hydrogens is 274 g/mol. The topological polar surface area (TPSA) is 82.1 Å². The van der Waals surface area contributed by atoms with Gasteiger partial charge in [0.1, 0.15) is 0 Å². The minimum atomic E-state index is -0.794. The number of likely N-dealkylation sites (N-methyl/N-ethyl adjacent to an activating group) is 1. The van der Waals surface area contributed by atoms with Crippen molar-refractivity contribution in [2.75, 3.05) is 45.9 Å². The summed E-state index contributed by atoms with van der Waals surface area (Å²) in [5.41, 5.74) is 0. The Hall–Kier alpha value is -1.34. The highest BCUT2D eigenvalue weighted by atomic mass is 16.5. The van der Waals surface area contributed by atoms with Gasteiger partial charge in [0.05, 0.1) is 12.7 Å². The summed E-state index contributed by atoms with van der Waals surface area (Å²) in [6, 6.07) is -0.111. The largest absolute Gasteiger partial charge is 0.481 e. The van der Waals surface area contributed by atoms with Gasteiger partial charge in [0, 0.05) is 39.1 Å². The van der Waals surface area contributed by atoms with Crippen molar-refractivity contribution in [3.8, 4) is 0 Å². The molecular formula is C14H25N3O4. The first-order valence-corrected chi connectivity index (χ1v) is 7.67. The van der Waals surface area contributed by atoms with Crippen molar-refractivity contribution >= 4 is 12.0 Å². The molecule has 2 heterocycles. The molecule has 2 unspecified atom stereocenters. The summed E-state index contributed by atoms with van der Waals surface area (Å²) >= 11 is 0. The molecule has 0 aromatic rings. The van der Waals surface area contributed by atoms with Crippen molar-refractivity contribution in [3.05, 3.63) is 0 Å². The van der Waals surface area contributed by atoms with Gasteiger partial charge in [0.15, 0.2) is 0 Å². The van der Waals surface area contributed by atoms with Crippen LogP contribution in [-0.4, -0.2) is 78.9 Å². The third-order valence-electron chi connectivity index (χ3n) is 4.19. The fraction of sp³-hybridized carbons (Fsp3) is 0.857. The molecule has 21 heavy (non-hydrogen) atoms. The highest BCUT2D eigenvalue weighted by Gasteiger charge is 2.28. The van der Waals surface area contributed by atoms with Crippen molar-refractivity contribution in [1.82, 2.24) is 15.1 Å². The number of amides is 2. The molecule has 2 saturated heterocycles. The first-order chi connectivity index (χ1) is 10.1. The van der Waals surface area contributed by atoms with Crippen LogP contribution in [0.1, 0.15) is 19.8 Å². The van der Waals surface area contributed by atoms with Gasteiger partial charge in [0.2, 0.25) is 0 Å². The summed E-state index contributed by atoms with van der Waals surface area (Å²) in [4.78, 5) is 26.8. The van der Waals surface area contributed by atoms with Crippen LogP contribution in [0, 0.1) is 5.92 Å². The van der Waals surface area contributed by atoms with E-state index < -0.39 is 5.97 Å². The Morgan fingerprint density at radius 2 is 2.14 bits per heavy atom. The van der Waals surface area contributed by atoms with Gasteiger partial charge in [0.25, 0.3) is 0 Å². The molecule has 0 radical (unpaired) electrons. The number of nitrogens with one attached hydrogen (secondary N) is 1. The second-order valence-electron chi connectivity index (χ2n) is 5.77. The number of hydrogen-bond acceptors (Lipinski definition) is 4. The minimum Gasteiger partial charge on any atom is -0.481 e. The van der Waals surface area contributed by atoms with E-state index in [9.17, 15) is 9.59 Å². The number of carbonyl (C=O) groups is 2. The van der Waals surface area contributed by atoms with Crippen LogP contribution in [0.25, 0.3) is 0 Å². The van der Waals surface area contributed by atoms with Gasteiger partial charge >= 0.3 is 12.0 Å². The Morgan fingerprint density at radius 1 is 1.33 bits per heavy atom. The summed E-state index contributed by atoms with van der Waals surface area (Å²) in [6.07, 6.45) is 0.949. The number of aliphatic carboxylic acids is 1. The van der Waals surface area contributed by atoms with Crippen LogP contribution in [0.5, 0.6) is 0 Å². The van der Waals surface area contributed by atoms with Crippen LogP contribution in [0.15, 0.2) is 0 Å². The van der Waals surface area contributed by atoms with Gasteiger partial charge < -0.3 is 20.1 Å². The molecule has 120 valence electrons. The van der Waals surface area contributed by atoms with Crippen LogP contribution in [-0.2, 0) is 9.53 Å². The number of carboxylic acid groups (broad SMARTS) is 1. The summed E-state index contributed by atoms with van der Waals surface area (Å²) in [5.74, 6) is -0.715. The fourth-order valence-corrected chi connectivity index (χ4v) is 2.93. The lowest BCUT2D eigenvalue weighted by Gasteiger charge is -2.32. The first-order valence-electron chi connectivity index (χ1n) is 7.67. The quantitative estimate of drug-likeness (QED) is 0.758. The maximum Gasteiger partial charge on any atom is 0.317 e. The molecule has 2 aliphatic heterocycles. The van der Waals surface area contributed by atoms with Crippen molar-refractivity contribution in [3.63, 3.8) is 0 Å². The molecule has 0 saturated carbocycles. The zero-order chi connectivity index (χ0) is 15.2. The Kier molecular flexibility index (Phi) is 5.81. The Morgan fingerprint density at radius 3 is 2.86 bits per heavy atom. The van der Waals surface area contributed by atoms with Gasteiger partial charge in [-0.1, -0.05) is 6.92 Å². The van der Waals surface area contributed by atoms with E-state index in [0.717, 1.165) is 26.1 Å². The predicted octanol–water partition coefficient (Wildman–Crippen LogP) is 0.213. The van der Waals surface area contributed by atoms with E-state index in [0.29, 0.717) is 26.2 Å². The average Bonchev–Trinajstić information content (AvgIpc) is 2.92. The van der Waals surface area contributed by atoms with E-state index in [4.69, 9.17) is 9.84 Å². The Balaban J connectivity index is 1.69. The number of morpholine rings is 1. The molecule has 2 N–H and O–H groups in total. The maximum absolute atomic E-state index is 12.1. The molecule has 7 heteroatoms. The number of urea groups is 1. The second-order valence-corrected chi connectivity index (χ2v) is 5.77. The molecule has 2 rings (SSSR count). The van der Waals surface area contributed by atoms with Gasteiger partial charge in [-0.25, -0.2) is 4.79 Å². The summed E-state index contributed by atoms with van der Waals surface area (Å²) in [7, 11) is 0. The van der Waals surface area contributed by atoms with E-state index >= 15 is 0 Å². The molecule has 2 fully saturated rings. The van der Waals surface area contributed by atoms with Crippen LogP contribution in [0.2, 0.25) is 0 Å². The summed E-state index contributed by atoms with van der Waals surface area (Å²) in [6.45, 7) is 7.29. The number of carbonyl (C=O) groups excluding carboxylic acids is 1. The molecule has 7 nitrogen and oxygen atoms in total. The van der Waals surface area contributed by atoms with E-state index in [1.54, 1.807) is 4.90 Å². The number of carboxylic acids is 1. The standard InChI is InChI=1S/C14H25N3O4/c1-2-16-5-6-21-12(10-16)8-15-14(20)17-4-3-11(9-17)7-13(18)19/h11-12H,2-10H2,1H3,(H,15,20)(H,18,19). The van der Waals surface area contributed by atoms with Crippen molar-refractivity contribution in [2.24, 2.45) is 5.92 Å². The monoisotopic (exact) mass is 299 g/mol. The molecule has 0 aromatic heterocycles. The van der Waals surface area contributed by atoms with Gasteiger partial charge in [-0.2, -0.15) is 0 Å². The zero-order valence-corrected chi connectivity index (χ0v) is 12.6. The van der Waals surface area contributed by atoms with E-state index in [-0.39, 0.29) is 24.5 Å². The third-order valence-corrected chi connectivity index (χ3v) is 4.19. The van der Waals surface area contributed by atoms with Crippen molar-refractivity contribution in [2.45, 2.75) is 25.9 Å². The highest BCUT2D eigenvalue weighted by molar-refractivity contribution is 5.74. The Bertz CT molecular complexity index is 377. The lowest BCUT2D eigenvalue weighted by molar-refractivity contribution is -0.138. The van der Waals surface area contributed by atoms with Crippen molar-refractivity contribution in [1.29, 1.82) is 0 Å². The molecule has 2 atom stereocenters. The highest BCUT2D eigenvalue weighted by Crippen LogP contribution is 2.19. The van der Waals surface area contributed by atoms with Crippen molar-refractivity contribution < 1.29 is 19.4 Å². The smallest absolute Gasteiger partial charge is 0.317 e. The number of hydrogen-bond donors (Lipinski definition) is 2. The minimum absolute atomic E-state index is 0.0417. The lowest BCUT2D eigenvalue weighted by atomic mass is 10.1. The lowest BCUT2D eigenvalue weighted by Crippen LogP contribution is -2.49. The van der Waals surface area contributed by atoms with E-state index in [1.165, 1.54) is 0 Å². The normalized spacial score (nSPS) is 26.8. The SMILES string of the molecule is CCN1CCOC(CNC(=O)N2CCC(CC(=O)O)C2)C1. The fourth-order valence-electron chi connectivity index (χ4n) is 2.93. The van der Waals surface area contributed by atoms with E-state index in [2.05, 4.69) is 17.1 Å². The molecule has 0 bridgehead atoms. The third kappa shape index (κ3) is 4.86. The van der Waals surface area contributed by atoms with E-state index in [1.807, 2.05) is 0 Å².